The average molecular weight is 821 g/mol. The van der Waals surface area contributed by atoms with Gasteiger partial charge in [0.1, 0.15) is 41.1 Å². The number of hydrogen-bond donors (Lipinski definition) is 3. The standard InChI is InChI=1S/C35H27ClF6N8O5S/c1-48-29-24(6-5-21(36)27(29)32(46-48)47-56(2,54)55)50-33(44-22-11-17(51)3-4-18(22)34(50)53)23(9-14-7-15(37)10-16(38)8-14)43-25(52)13-49-30-26(28(45-49)31(39)40)19-12-20(19)35(30,41)42/h3-8,10-11,19-20,23,31,51H,9,12-13H2,1-2H3,(H,43,52)(H,46,47)/t19-,20+,23+/m1/s1. The number of amides is 1. The van der Waals surface area contributed by atoms with Crippen LogP contribution in [0, 0.1) is 17.6 Å². The molecular formula is C35H27ClF6N8O5S. The number of hydrogen-bond acceptors (Lipinski definition) is 8. The molecule has 13 nitrogen and oxygen atoms in total. The molecular weight excluding hydrogens is 794 g/mol. The van der Waals surface area contributed by atoms with Crippen molar-refractivity contribution < 1.29 is 44.7 Å². The number of carbonyl (C=O) groups is 1. The molecule has 8 rings (SSSR count). The first-order valence-corrected chi connectivity index (χ1v) is 19.0. The van der Waals surface area contributed by atoms with Crippen LogP contribution in [0.1, 0.15) is 53.1 Å². The first kappa shape index (κ1) is 37.3. The summed E-state index contributed by atoms with van der Waals surface area (Å²) in [7, 11) is -2.47. The Morgan fingerprint density at radius 2 is 1.80 bits per heavy atom. The molecule has 21 heteroatoms. The zero-order valence-corrected chi connectivity index (χ0v) is 30.4. The van der Waals surface area contributed by atoms with Gasteiger partial charge in [-0.1, -0.05) is 11.6 Å². The van der Waals surface area contributed by atoms with Crippen LogP contribution in [0.2, 0.25) is 5.02 Å². The number of rotatable bonds is 10. The van der Waals surface area contributed by atoms with E-state index < -0.39 is 87.7 Å². The van der Waals surface area contributed by atoms with Crippen LogP contribution in [0.3, 0.4) is 0 Å². The maximum atomic E-state index is 15.4. The molecule has 1 saturated carbocycles. The lowest BCUT2D eigenvalue weighted by Crippen LogP contribution is -2.38. The van der Waals surface area contributed by atoms with Crippen molar-refractivity contribution in [1.82, 2.24) is 34.4 Å². The lowest BCUT2D eigenvalue weighted by molar-refractivity contribution is -0.123. The van der Waals surface area contributed by atoms with Crippen molar-refractivity contribution in [2.24, 2.45) is 13.0 Å². The minimum absolute atomic E-state index is 0.00889. The van der Waals surface area contributed by atoms with Crippen LogP contribution >= 0.6 is 11.6 Å². The number of nitrogens with zero attached hydrogens (tertiary/aromatic N) is 6. The maximum Gasteiger partial charge on any atom is 0.293 e. The van der Waals surface area contributed by atoms with Gasteiger partial charge in [-0.05, 0) is 54.3 Å². The number of sulfonamides is 1. The molecule has 292 valence electrons. The van der Waals surface area contributed by atoms with Crippen molar-refractivity contribution in [2.75, 3.05) is 11.0 Å². The van der Waals surface area contributed by atoms with E-state index in [2.05, 4.69) is 25.2 Å². The van der Waals surface area contributed by atoms with Crippen LogP contribution in [0.25, 0.3) is 27.5 Å². The molecule has 0 spiro atoms. The predicted octanol–water partition coefficient (Wildman–Crippen LogP) is 5.72. The van der Waals surface area contributed by atoms with E-state index >= 15 is 8.78 Å². The summed E-state index contributed by atoms with van der Waals surface area (Å²) in [4.78, 5) is 33.1. The van der Waals surface area contributed by atoms with Crippen LogP contribution < -0.4 is 15.6 Å². The largest absolute Gasteiger partial charge is 0.508 e. The van der Waals surface area contributed by atoms with Gasteiger partial charge in [-0.25, -0.2) is 31.0 Å². The average Bonchev–Trinajstić information content (AvgIpc) is 3.63. The van der Waals surface area contributed by atoms with E-state index in [1.54, 1.807) is 0 Å². The number of aromatic nitrogens is 6. The Labute approximate surface area is 316 Å². The van der Waals surface area contributed by atoms with E-state index in [1.807, 2.05) is 0 Å². The van der Waals surface area contributed by atoms with Gasteiger partial charge >= 0.3 is 0 Å². The lowest BCUT2D eigenvalue weighted by Gasteiger charge is -2.24. The van der Waals surface area contributed by atoms with Crippen molar-refractivity contribution in [1.29, 1.82) is 0 Å². The van der Waals surface area contributed by atoms with Gasteiger partial charge in [0, 0.05) is 37.1 Å². The number of fused-ring (bicyclic) bond motifs is 5. The highest BCUT2D eigenvalue weighted by molar-refractivity contribution is 7.92. The Morgan fingerprint density at radius 3 is 2.48 bits per heavy atom. The minimum atomic E-state index is -3.90. The summed E-state index contributed by atoms with van der Waals surface area (Å²) in [5.41, 5.74) is -2.85. The fourth-order valence-corrected chi connectivity index (χ4v) is 8.30. The minimum Gasteiger partial charge on any atom is -0.508 e. The molecule has 3 aromatic heterocycles. The summed E-state index contributed by atoms with van der Waals surface area (Å²) in [5.74, 6) is -9.48. The quantitative estimate of drug-likeness (QED) is 0.148. The molecule has 0 saturated heterocycles. The fourth-order valence-electron chi connectivity index (χ4n) is 7.57. The molecule has 2 aliphatic carbocycles. The van der Waals surface area contributed by atoms with Gasteiger partial charge < -0.3 is 10.4 Å². The van der Waals surface area contributed by atoms with Crippen LogP contribution in [0.4, 0.5) is 32.2 Å². The molecule has 3 aromatic carbocycles. The molecule has 3 N–H and O–H groups in total. The highest BCUT2D eigenvalue weighted by Gasteiger charge is 2.67. The number of alkyl halides is 4. The summed E-state index contributed by atoms with van der Waals surface area (Å²) >= 11 is 6.54. The lowest BCUT2D eigenvalue weighted by atomic mass is 10.0. The number of phenolic OH excluding ortho intramolecular Hbond substituents is 1. The molecule has 3 heterocycles. The van der Waals surface area contributed by atoms with Crippen molar-refractivity contribution in [3.05, 3.63) is 104 Å². The number of carbonyl (C=O) groups excluding carboxylic acids is 1. The number of nitrogens with one attached hydrogen (secondary N) is 2. The summed E-state index contributed by atoms with van der Waals surface area (Å²) in [6.07, 6.45) is -2.82. The molecule has 2 aliphatic rings. The van der Waals surface area contributed by atoms with Crippen LogP contribution in [0.5, 0.6) is 5.75 Å². The molecule has 0 aliphatic heterocycles. The topological polar surface area (TPSA) is 166 Å². The third-order valence-electron chi connectivity index (χ3n) is 9.79. The zero-order chi connectivity index (χ0) is 40.2. The first-order valence-electron chi connectivity index (χ1n) is 16.7. The van der Waals surface area contributed by atoms with Gasteiger partial charge in [0.05, 0.1) is 44.8 Å². The Hall–Kier alpha value is -5.63. The Balaban J connectivity index is 1.32. The van der Waals surface area contributed by atoms with Crippen LogP contribution in [-0.2, 0) is 40.8 Å². The summed E-state index contributed by atoms with van der Waals surface area (Å²) in [5, 5.41) is 20.8. The van der Waals surface area contributed by atoms with Gasteiger partial charge in [0.15, 0.2) is 5.82 Å². The Bertz CT molecular complexity index is 2810. The molecule has 0 unspecified atom stereocenters. The third kappa shape index (κ3) is 6.29. The molecule has 56 heavy (non-hydrogen) atoms. The smallest absolute Gasteiger partial charge is 0.293 e. The van der Waals surface area contributed by atoms with Crippen molar-refractivity contribution in [2.45, 2.75) is 43.7 Å². The predicted molar refractivity (Wildman–Crippen MR) is 190 cm³/mol. The number of phenols is 1. The summed E-state index contributed by atoms with van der Waals surface area (Å²) < 4.78 is 117. The Morgan fingerprint density at radius 1 is 1.09 bits per heavy atom. The van der Waals surface area contributed by atoms with Gasteiger partial charge in [-0.15, -0.1) is 0 Å². The molecule has 0 radical (unpaired) electrons. The molecule has 3 atom stereocenters. The molecule has 1 amide bonds. The number of halogens is 7. The van der Waals surface area contributed by atoms with Gasteiger partial charge in [-0.3, -0.25) is 28.2 Å². The summed E-state index contributed by atoms with van der Waals surface area (Å²) in [6, 6.07) is 7.31. The normalized spacial score (nSPS) is 17.7. The second-order valence-corrected chi connectivity index (χ2v) is 15.9. The highest BCUT2D eigenvalue weighted by Crippen LogP contribution is 2.68. The molecule has 0 bridgehead atoms. The SMILES string of the molecule is Cn1nc(NS(C)(=O)=O)c2c(Cl)ccc(-n3c([C@H](Cc4cc(F)cc(F)c4)NC(=O)Cn4nc(C(F)F)c5c4C(F)(F)[C@H]4C[C@@H]54)nc4cc(O)ccc4c3=O)c21. The Kier molecular flexibility index (Phi) is 8.64. The van der Waals surface area contributed by atoms with E-state index in [9.17, 15) is 40.7 Å². The van der Waals surface area contributed by atoms with E-state index in [4.69, 9.17) is 11.6 Å². The van der Waals surface area contributed by atoms with Crippen molar-refractivity contribution in [3.63, 3.8) is 0 Å². The number of aryl methyl sites for hydroxylation is 1. The van der Waals surface area contributed by atoms with Gasteiger partial charge in [-0.2, -0.15) is 19.0 Å². The van der Waals surface area contributed by atoms with Gasteiger partial charge in [0.2, 0.25) is 15.9 Å². The van der Waals surface area contributed by atoms with E-state index in [1.165, 1.54) is 36.0 Å². The number of aromatic hydroxyl groups is 1. The number of benzene rings is 3. The van der Waals surface area contributed by atoms with Crippen molar-refractivity contribution in [3.8, 4) is 11.4 Å². The molecule has 1 fully saturated rings. The maximum absolute atomic E-state index is 15.4. The highest BCUT2D eigenvalue weighted by atomic mass is 35.5. The van der Waals surface area contributed by atoms with Gasteiger partial charge in [0.25, 0.3) is 17.9 Å². The van der Waals surface area contributed by atoms with E-state index in [0.717, 1.165) is 29.0 Å². The van der Waals surface area contributed by atoms with Crippen LogP contribution in [-0.4, -0.2) is 54.8 Å². The second kappa shape index (κ2) is 13.0. The fraction of sp³-hybridized carbons (Fsp3) is 0.286. The number of anilines is 1. The van der Waals surface area contributed by atoms with Crippen molar-refractivity contribution >= 4 is 55.2 Å². The van der Waals surface area contributed by atoms with E-state index in [-0.39, 0.29) is 67.5 Å². The first-order chi connectivity index (χ1) is 26.3. The second-order valence-electron chi connectivity index (χ2n) is 13.7. The summed E-state index contributed by atoms with van der Waals surface area (Å²) in [6.45, 7) is -0.996. The third-order valence-corrected chi connectivity index (χ3v) is 10.7. The van der Waals surface area contributed by atoms with E-state index in [0.29, 0.717) is 10.7 Å². The molecule has 6 aromatic rings. The van der Waals surface area contributed by atoms with Crippen LogP contribution in [0.15, 0.2) is 53.3 Å². The monoisotopic (exact) mass is 820 g/mol. The zero-order valence-electron chi connectivity index (χ0n) is 28.9.